The molecule has 0 fully saturated rings. The highest BCUT2D eigenvalue weighted by Gasteiger charge is 2.23. The van der Waals surface area contributed by atoms with Gasteiger partial charge in [0.15, 0.2) is 0 Å². The maximum Gasteiger partial charge on any atom is 0.0985 e. The van der Waals surface area contributed by atoms with E-state index in [0.29, 0.717) is 6.04 Å². The van der Waals surface area contributed by atoms with Gasteiger partial charge in [0.2, 0.25) is 0 Å². The first-order chi connectivity index (χ1) is 9.54. The van der Waals surface area contributed by atoms with Crippen molar-refractivity contribution in [3.63, 3.8) is 0 Å². The van der Waals surface area contributed by atoms with Crippen LogP contribution >= 0.6 is 11.3 Å². The van der Waals surface area contributed by atoms with Crippen molar-refractivity contribution in [1.82, 2.24) is 10.3 Å². The van der Waals surface area contributed by atoms with Crippen LogP contribution in [0, 0.1) is 24.7 Å². The van der Waals surface area contributed by atoms with Crippen LogP contribution in [0.5, 0.6) is 0 Å². The maximum atomic E-state index is 4.78. The highest BCUT2D eigenvalue weighted by molar-refractivity contribution is 7.12. The Bertz CT molecular complexity index is 433. The number of aromatic nitrogens is 1. The molecule has 0 radical (unpaired) electrons. The van der Waals surface area contributed by atoms with Crippen molar-refractivity contribution in [3.05, 3.63) is 15.6 Å². The molecule has 0 aliphatic heterocycles. The smallest absolute Gasteiger partial charge is 0.0985 e. The molecule has 1 atom stereocenters. The Morgan fingerprint density at radius 3 is 1.95 bits per heavy atom. The Hall–Kier alpha value is -0.410. The third kappa shape index (κ3) is 5.07. The predicted octanol–water partition coefficient (Wildman–Crippen LogP) is 5.33. The largest absolute Gasteiger partial charge is 0.309 e. The molecule has 0 aliphatic carbocycles. The lowest BCUT2D eigenvalue weighted by Gasteiger charge is -2.27. The van der Waals surface area contributed by atoms with E-state index in [2.05, 4.69) is 67.6 Å². The molecule has 0 saturated carbocycles. The average molecular weight is 311 g/mol. The molecule has 1 N–H and O–H groups in total. The summed E-state index contributed by atoms with van der Waals surface area (Å²) in [6, 6.07) is 0.388. The third-order valence-corrected chi connectivity index (χ3v) is 6.01. The molecule has 0 aromatic carbocycles. The van der Waals surface area contributed by atoms with Gasteiger partial charge in [-0.25, -0.2) is 4.98 Å². The fourth-order valence-electron chi connectivity index (χ4n) is 2.78. The average Bonchev–Trinajstić information content (AvgIpc) is 2.70. The van der Waals surface area contributed by atoms with Gasteiger partial charge in [-0.3, -0.25) is 0 Å². The van der Waals surface area contributed by atoms with Crippen molar-refractivity contribution in [2.75, 3.05) is 6.54 Å². The van der Waals surface area contributed by atoms with Gasteiger partial charge in [0, 0.05) is 16.3 Å². The minimum Gasteiger partial charge on any atom is -0.309 e. The van der Waals surface area contributed by atoms with E-state index in [1.54, 1.807) is 0 Å². The summed E-state index contributed by atoms with van der Waals surface area (Å²) in [4.78, 5) is 6.17. The summed E-state index contributed by atoms with van der Waals surface area (Å²) in [5.41, 5.74) is 1.33. The minimum atomic E-state index is 0.145. The number of nitrogens with zero attached hydrogens (tertiary/aromatic N) is 1. The Kier molecular flexibility index (Phi) is 6.42. The molecule has 1 heterocycles. The van der Waals surface area contributed by atoms with Crippen LogP contribution in [-0.4, -0.2) is 11.5 Å². The SMILES string of the molecule is Cc1nc(C(C)(C)C)sc1C(C)NCC(C(C)C)C(C)C. The molecule has 1 rings (SSSR count). The van der Waals surface area contributed by atoms with Crippen LogP contribution in [0.2, 0.25) is 0 Å². The monoisotopic (exact) mass is 310 g/mol. The van der Waals surface area contributed by atoms with Crippen molar-refractivity contribution in [3.8, 4) is 0 Å². The van der Waals surface area contributed by atoms with E-state index in [0.717, 1.165) is 24.3 Å². The van der Waals surface area contributed by atoms with E-state index in [-0.39, 0.29) is 5.41 Å². The highest BCUT2D eigenvalue weighted by Crippen LogP contribution is 2.32. The zero-order valence-corrected chi connectivity index (χ0v) is 16.2. The summed E-state index contributed by atoms with van der Waals surface area (Å²) in [5.74, 6) is 2.16. The van der Waals surface area contributed by atoms with Crippen LogP contribution in [0.4, 0.5) is 0 Å². The van der Waals surface area contributed by atoms with Crippen molar-refractivity contribution in [2.45, 2.75) is 73.8 Å². The fourth-order valence-corrected chi connectivity index (χ4v) is 3.93. The maximum absolute atomic E-state index is 4.78. The van der Waals surface area contributed by atoms with E-state index in [4.69, 9.17) is 4.98 Å². The second-order valence-electron chi connectivity index (χ2n) is 8.00. The summed E-state index contributed by atoms with van der Waals surface area (Å²) in [6.07, 6.45) is 0. The Labute approximate surface area is 135 Å². The lowest BCUT2D eigenvalue weighted by molar-refractivity contribution is 0.268. The molecule has 1 aromatic heterocycles. The van der Waals surface area contributed by atoms with E-state index in [1.165, 1.54) is 15.6 Å². The van der Waals surface area contributed by atoms with Crippen molar-refractivity contribution in [1.29, 1.82) is 0 Å². The highest BCUT2D eigenvalue weighted by atomic mass is 32.1. The van der Waals surface area contributed by atoms with Crippen molar-refractivity contribution in [2.24, 2.45) is 17.8 Å². The van der Waals surface area contributed by atoms with Crippen LogP contribution in [0.25, 0.3) is 0 Å². The van der Waals surface area contributed by atoms with Gasteiger partial charge in [-0.1, -0.05) is 48.5 Å². The zero-order valence-electron chi connectivity index (χ0n) is 15.4. The normalized spacial score (nSPS) is 14.5. The van der Waals surface area contributed by atoms with Crippen LogP contribution in [0.1, 0.15) is 77.0 Å². The molecule has 0 bridgehead atoms. The Morgan fingerprint density at radius 2 is 1.57 bits per heavy atom. The molecule has 1 aromatic rings. The molecule has 0 amide bonds. The van der Waals surface area contributed by atoms with Crippen LogP contribution in [-0.2, 0) is 5.41 Å². The number of aryl methyl sites for hydroxylation is 1. The number of nitrogens with one attached hydrogen (secondary N) is 1. The van der Waals surface area contributed by atoms with Gasteiger partial charge >= 0.3 is 0 Å². The Balaban J connectivity index is 2.76. The van der Waals surface area contributed by atoms with E-state index < -0.39 is 0 Å². The quantitative estimate of drug-likeness (QED) is 0.768. The van der Waals surface area contributed by atoms with Crippen LogP contribution in [0.15, 0.2) is 0 Å². The van der Waals surface area contributed by atoms with Crippen molar-refractivity contribution >= 4 is 11.3 Å². The molecule has 0 spiro atoms. The van der Waals surface area contributed by atoms with Gasteiger partial charge in [0.05, 0.1) is 10.7 Å². The first-order valence-electron chi connectivity index (χ1n) is 8.25. The molecule has 3 heteroatoms. The van der Waals surface area contributed by atoms with Gasteiger partial charge < -0.3 is 5.32 Å². The van der Waals surface area contributed by atoms with Gasteiger partial charge in [-0.15, -0.1) is 11.3 Å². The molecule has 2 nitrogen and oxygen atoms in total. The van der Waals surface area contributed by atoms with Crippen LogP contribution < -0.4 is 5.32 Å². The van der Waals surface area contributed by atoms with E-state index in [1.807, 2.05) is 11.3 Å². The third-order valence-electron chi connectivity index (χ3n) is 4.24. The number of hydrogen-bond acceptors (Lipinski definition) is 3. The second kappa shape index (κ2) is 7.23. The lowest BCUT2D eigenvalue weighted by atomic mass is 9.85. The first kappa shape index (κ1) is 18.6. The molecule has 0 aliphatic rings. The topological polar surface area (TPSA) is 24.9 Å². The Morgan fingerprint density at radius 1 is 1.05 bits per heavy atom. The number of thiazole rings is 1. The molecule has 1 unspecified atom stereocenters. The molecule has 122 valence electrons. The number of rotatable bonds is 6. The first-order valence-corrected chi connectivity index (χ1v) is 9.06. The van der Waals surface area contributed by atoms with E-state index >= 15 is 0 Å². The minimum absolute atomic E-state index is 0.145. The molecular weight excluding hydrogens is 276 g/mol. The summed E-state index contributed by atoms with van der Waals surface area (Å²) in [5, 5.41) is 4.98. The standard InChI is InChI=1S/C18H34N2S/c1-11(2)15(12(3)4)10-19-13(5)16-14(6)20-17(21-16)18(7,8)9/h11-13,15,19H,10H2,1-9H3. The van der Waals surface area contributed by atoms with Gasteiger partial charge in [-0.05, 0) is 38.1 Å². The predicted molar refractivity (Wildman–Crippen MR) is 95.1 cm³/mol. The summed E-state index contributed by atoms with van der Waals surface area (Å²) in [7, 11) is 0. The van der Waals surface area contributed by atoms with Gasteiger partial charge in [0.25, 0.3) is 0 Å². The molecule has 0 saturated heterocycles. The number of hydrogen-bond donors (Lipinski definition) is 1. The van der Waals surface area contributed by atoms with E-state index in [9.17, 15) is 0 Å². The van der Waals surface area contributed by atoms with Crippen LogP contribution in [0.3, 0.4) is 0 Å². The second-order valence-corrected chi connectivity index (χ2v) is 9.03. The molecule has 21 heavy (non-hydrogen) atoms. The molecular formula is C18H34N2S. The lowest BCUT2D eigenvalue weighted by Crippen LogP contribution is -2.31. The van der Waals surface area contributed by atoms with Gasteiger partial charge in [-0.2, -0.15) is 0 Å². The summed E-state index contributed by atoms with van der Waals surface area (Å²) in [6.45, 7) is 21.5. The van der Waals surface area contributed by atoms with Crippen molar-refractivity contribution < 1.29 is 0 Å². The fraction of sp³-hybridized carbons (Fsp3) is 0.833. The van der Waals surface area contributed by atoms with Gasteiger partial charge in [0.1, 0.15) is 0 Å². The summed E-state index contributed by atoms with van der Waals surface area (Å²) >= 11 is 1.87. The summed E-state index contributed by atoms with van der Waals surface area (Å²) < 4.78 is 0. The zero-order chi connectivity index (χ0) is 16.4.